The molecule has 0 radical (unpaired) electrons. The lowest BCUT2D eigenvalue weighted by molar-refractivity contribution is 0.0570. The predicted octanol–water partition coefficient (Wildman–Crippen LogP) is 2.14. The Morgan fingerprint density at radius 2 is 1.83 bits per heavy atom. The largest absolute Gasteiger partial charge is 0.450 e. The second-order valence-electron chi connectivity index (χ2n) is 6.41. The molecule has 10 heteroatoms. The zero-order valence-corrected chi connectivity index (χ0v) is 17.7. The number of hydrogen-bond acceptors (Lipinski definition) is 6. The molecule has 0 unspecified atom stereocenters. The van der Waals surface area contributed by atoms with Crippen LogP contribution in [0.2, 0.25) is 0 Å². The molecule has 0 spiro atoms. The fourth-order valence-electron chi connectivity index (χ4n) is 2.95. The highest BCUT2D eigenvalue weighted by Gasteiger charge is 2.26. The summed E-state index contributed by atoms with van der Waals surface area (Å²) in [6, 6.07) is 9.71. The average Bonchev–Trinajstić information content (AvgIpc) is 3.26. The highest BCUT2D eigenvalue weighted by atomic mass is 32.2. The Balaban J connectivity index is 1.64. The lowest BCUT2D eigenvalue weighted by Crippen LogP contribution is -2.50. The summed E-state index contributed by atoms with van der Waals surface area (Å²) in [6.07, 6.45) is -0.385. The highest BCUT2D eigenvalue weighted by molar-refractivity contribution is 7.89. The van der Waals surface area contributed by atoms with Crippen molar-refractivity contribution in [1.29, 1.82) is 0 Å². The SMILES string of the molecule is CCOC(=O)N1CCN(C(=O)c2cccc(S(=O)(=O)NCc3cccs3)c2)CC1. The van der Waals surface area contributed by atoms with E-state index in [9.17, 15) is 18.0 Å². The fourth-order valence-corrected chi connectivity index (χ4v) is 4.74. The molecule has 2 aromatic rings. The van der Waals surface area contributed by atoms with Crippen LogP contribution in [0, 0.1) is 0 Å². The first-order valence-corrected chi connectivity index (χ1v) is 11.6. The first kappa shape index (κ1) is 21.3. The molecule has 2 heterocycles. The van der Waals surface area contributed by atoms with Crippen molar-refractivity contribution < 1.29 is 22.7 Å². The molecule has 1 N–H and O–H groups in total. The number of hydrogen-bond donors (Lipinski definition) is 1. The number of amides is 2. The number of rotatable bonds is 6. The van der Waals surface area contributed by atoms with Crippen LogP contribution in [0.25, 0.3) is 0 Å². The predicted molar refractivity (Wildman–Crippen MR) is 109 cm³/mol. The van der Waals surface area contributed by atoms with E-state index in [0.717, 1.165) is 4.88 Å². The summed E-state index contributed by atoms with van der Waals surface area (Å²) in [5.74, 6) is -0.260. The molecule has 1 aromatic carbocycles. The molecule has 3 rings (SSSR count). The van der Waals surface area contributed by atoms with Crippen LogP contribution in [-0.2, 0) is 21.3 Å². The van der Waals surface area contributed by atoms with Crippen LogP contribution < -0.4 is 4.72 Å². The Bertz CT molecular complexity index is 952. The van der Waals surface area contributed by atoms with Gasteiger partial charge >= 0.3 is 6.09 Å². The van der Waals surface area contributed by atoms with Gasteiger partial charge in [0.2, 0.25) is 10.0 Å². The Labute approximate surface area is 174 Å². The molecule has 1 fully saturated rings. The van der Waals surface area contributed by atoms with Crippen LogP contribution >= 0.6 is 11.3 Å². The van der Waals surface area contributed by atoms with Crippen molar-refractivity contribution in [2.24, 2.45) is 0 Å². The Kier molecular flexibility index (Phi) is 6.88. The van der Waals surface area contributed by atoms with Crippen molar-refractivity contribution >= 4 is 33.4 Å². The number of benzene rings is 1. The van der Waals surface area contributed by atoms with Gasteiger partial charge in [-0.2, -0.15) is 0 Å². The molecule has 0 atom stereocenters. The van der Waals surface area contributed by atoms with Crippen molar-refractivity contribution in [3.05, 3.63) is 52.2 Å². The van der Waals surface area contributed by atoms with E-state index in [1.54, 1.807) is 28.9 Å². The second kappa shape index (κ2) is 9.38. The minimum absolute atomic E-state index is 0.0464. The Hall–Kier alpha value is -2.43. The van der Waals surface area contributed by atoms with E-state index in [0.29, 0.717) is 38.3 Å². The summed E-state index contributed by atoms with van der Waals surface area (Å²) >= 11 is 1.47. The van der Waals surface area contributed by atoms with E-state index in [2.05, 4.69) is 4.72 Å². The maximum atomic E-state index is 12.8. The molecule has 2 amide bonds. The first-order chi connectivity index (χ1) is 13.9. The molecule has 1 aliphatic rings. The number of carbonyl (C=O) groups excluding carboxylic acids is 2. The van der Waals surface area contributed by atoms with Crippen LogP contribution in [0.5, 0.6) is 0 Å². The van der Waals surface area contributed by atoms with Gasteiger partial charge in [-0.05, 0) is 36.6 Å². The molecule has 1 aliphatic heterocycles. The lowest BCUT2D eigenvalue weighted by Gasteiger charge is -2.34. The minimum atomic E-state index is -3.73. The van der Waals surface area contributed by atoms with Crippen molar-refractivity contribution in [2.45, 2.75) is 18.4 Å². The molecule has 0 aliphatic carbocycles. The standard InChI is InChI=1S/C19H23N3O5S2/c1-2-27-19(24)22-10-8-21(9-11-22)18(23)15-5-3-7-17(13-15)29(25,26)20-14-16-6-4-12-28-16/h3-7,12-13,20H,2,8-11,14H2,1H3. The van der Waals surface area contributed by atoms with Gasteiger partial charge in [0.15, 0.2) is 0 Å². The smallest absolute Gasteiger partial charge is 0.409 e. The molecule has 1 aromatic heterocycles. The van der Waals surface area contributed by atoms with Crippen LogP contribution in [0.15, 0.2) is 46.7 Å². The second-order valence-corrected chi connectivity index (χ2v) is 9.21. The molecular formula is C19H23N3O5S2. The van der Waals surface area contributed by atoms with Gasteiger partial charge in [0.05, 0.1) is 11.5 Å². The third-order valence-electron chi connectivity index (χ3n) is 4.50. The first-order valence-electron chi connectivity index (χ1n) is 9.24. The van der Waals surface area contributed by atoms with Crippen molar-refractivity contribution in [3.63, 3.8) is 0 Å². The number of ether oxygens (including phenoxy) is 1. The van der Waals surface area contributed by atoms with Gasteiger partial charge in [-0.3, -0.25) is 4.79 Å². The van der Waals surface area contributed by atoms with Crippen molar-refractivity contribution in [1.82, 2.24) is 14.5 Å². The summed E-state index contributed by atoms with van der Waals surface area (Å²) in [6.45, 7) is 3.74. The van der Waals surface area contributed by atoms with Crippen molar-refractivity contribution in [3.8, 4) is 0 Å². The van der Waals surface area contributed by atoms with E-state index in [1.165, 1.54) is 23.5 Å². The van der Waals surface area contributed by atoms with Crippen LogP contribution in [-0.4, -0.2) is 63.0 Å². The molecule has 156 valence electrons. The van der Waals surface area contributed by atoms with E-state index < -0.39 is 10.0 Å². The maximum Gasteiger partial charge on any atom is 0.409 e. The lowest BCUT2D eigenvalue weighted by atomic mass is 10.2. The van der Waals surface area contributed by atoms with Gasteiger partial charge in [-0.25, -0.2) is 17.9 Å². The zero-order chi connectivity index (χ0) is 20.9. The minimum Gasteiger partial charge on any atom is -0.450 e. The van der Waals surface area contributed by atoms with Gasteiger partial charge < -0.3 is 14.5 Å². The molecule has 8 nitrogen and oxygen atoms in total. The van der Waals surface area contributed by atoms with E-state index in [4.69, 9.17) is 4.74 Å². The highest BCUT2D eigenvalue weighted by Crippen LogP contribution is 2.16. The number of nitrogens with one attached hydrogen (secondary N) is 1. The number of thiophene rings is 1. The van der Waals surface area contributed by atoms with E-state index in [-0.39, 0.29) is 23.4 Å². The summed E-state index contributed by atoms with van der Waals surface area (Å²) < 4.78 is 32.7. The third-order valence-corrected chi connectivity index (χ3v) is 6.78. The fraction of sp³-hybridized carbons (Fsp3) is 0.368. The van der Waals surface area contributed by atoms with E-state index in [1.807, 2.05) is 17.5 Å². The maximum absolute atomic E-state index is 12.8. The van der Waals surface area contributed by atoms with Crippen LogP contribution in [0.1, 0.15) is 22.2 Å². The number of piperazine rings is 1. The number of carbonyl (C=O) groups is 2. The monoisotopic (exact) mass is 437 g/mol. The molecule has 0 saturated carbocycles. The molecule has 1 saturated heterocycles. The van der Waals surface area contributed by atoms with Gasteiger partial charge in [0, 0.05) is 43.2 Å². The summed E-state index contributed by atoms with van der Waals surface area (Å²) in [5, 5.41) is 1.88. The summed E-state index contributed by atoms with van der Waals surface area (Å²) in [5.41, 5.74) is 0.300. The van der Waals surface area contributed by atoms with Gasteiger partial charge in [-0.15, -0.1) is 11.3 Å². The number of sulfonamides is 1. The van der Waals surface area contributed by atoms with Crippen LogP contribution in [0.4, 0.5) is 4.79 Å². The zero-order valence-electron chi connectivity index (χ0n) is 16.0. The summed E-state index contributed by atoms with van der Waals surface area (Å²) in [7, 11) is -3.73. The molecule has 29 heavy (non-hydrogen) atoms. The van der Waals surface area contributed by atoms with Crippen molar-refractivity contribution in [2.75, 3.05) is 32.8 Å². The third kappa shape index (κ3) is 5.34. The molecule has 0 bridgehead atoms. The number of nitrogens with zero attached hydrogens (tertiary/aromatic N) is 2. The van der Waals surface area contributed by atoms with Gasteiger partial charge in [0.25, 0.3) is 5.91 Å². The van der Waals surface area contributed by atoms with E-state index >= 15 is 0 Å². The Morgan fingerprint density at radius 3 is 2.48 bits per heavy atom. The Morgan fingerprint density at radius 1 is 1.10 bits per heavy atom. The normalized spacial score (nSPS) is 14.7. The topological polar surface area (TPSA) is 96.0 Å². The molecular weight excluding hydrogens is 414 g/mol. The average molecular weight is 438 g/mol. The van der Waals surface area contributed by atoms with Crippen LogP contribution in [0.3, 0.4) is 0 Å². The van der Waals surface area contributed by atoms with Gasteiger partial charge in [0.1, 0.15) is 0 Å². The van der Waals surface area contributed by atoms with Gasteiger partial charge in [-0.1, -0.05) is 12.1 Å². The quantitative estimate of drug-likeness (QED) is 0.747. The summed E-state index contributed by atoms with van der Waals surface area (Å²) in [4.78, 5) is 28.7.